The van der Waals surface area contributed by atoms with E-state index < -0.39 is 11.8 Å². The van der Waals surface area contributed by atoms with E-state index in [-0.39, 0.29) is 23.6 Å². The van der Waals surface area contributed by atoms with Crippen molar-refractivity contribution >= 4 is 17.5 Å². The Balaban J connectivity index is 1.60. The number of carbonyl (C=O) groups is 2. The first-order valence-corrected chi connectivity index (χ1v) is 8.86. The normalized spacial score (nSPS) is 10.1. The molecule has 0 fully saturated rings. The molecule has 0 aliphatic heterocycles. The Morgan fingerprint density at radius 3 is 2.52 bits per heavy atom. The van der Waals surface area contributed by atoms with Crippen LogP contribution in [-0.4, -0.2) is 23.3 Å². The van der Waals surface area contributed by atoms with Crippen molar-refractivity contribution in [3.8, 4) is 6.07 Å². The maximum absolute atomic E-state index is 13.6. The molecule has 0 aliphatic carbocycles. The molecule has 29 heavy (non-hydrogen) atoms. The fourth-order valence-electron chi connectivity index (χ4n) is 2.63. The van der Waals surface area contributed by atoms with E-state index in [0.29, 0.717) is 23.2 Å². The van der Waals surface area contributed by atoms with Crippen LogP contribution in [0.5, 0.6) is 0 Å². The van der Waals surface area contributed by atoms with E-state index in [9.17, 15) is 14.0 Å². The number of nitrogens with zero attached hydrogens (tertiary/aromatic N) is 2. The second-order valence-electron chi connectivity index (χ2n) is 6.17. The van der Waals surface area contributed by atoms with Crippen molar-refractivity contribution in [1.29, 1.82) is 5.26 Å². The van der Waals surface area contributed by atoms with Gasteiger partial charge in [-0.05, 0) is 54.4 Å². The molecule has 0 saturated heterocycles. The van der Waals surface area contributed by atoms with Gasteiger partial charge >= 0.3 is 0 Å². The minimum Gasteiger partial charge on any atom is -0.350 e. The zero-order valence-electron chi connectivity index (χ0n) is 15.4. The summed E-state index contributed by atoms with van der Waals surface area (Å²) in [7, 11) is 0. The van der Waals surface area contributed by atoms with Crippen molar-refractivity contribution in [2.45, 2.75) is 6.42 Å². The first-order chi connectivity index (χ1) is 14.1. The van der Waals surface area contributed by atoms with Crippen LogP contribution in [0.25, 0.3) is 0 Å². The van der Waals surface area contributed by atoms with Crippen molar-refractivity contribution < 1.29 is 14.0 Å². The SMILES string of the molecule is N#Cc1ccc(NC(=O)c2ccnc(C(=O)NCCc3ccccc3F)c2)cc1. The monoisotopic (exact) mass is 388 g/mol. The number of hydrogen-bond donors (Lipinski definition) is 2. The van der Waals surface area contributed by atoms with E-state index >= 15 is 0 Å². The van der Waals surface area contributed by atoms with Gasteiger partial charge in [-0.1, -0.05) is 18.2 Å². The Bertz CT molecular complexity index is 1070. The highest BCUT2D eigenvalue weighted by atomic mass is 19.1. The summed E-state index contributed by atoms with van der Waals surface area (Å²) in [5.74, 6) is -1.17. The summed E-state index contributed by atoms with van der Waals surface area (Å²) in [6.07, 6.45) is 1.72. The van der Waals surface area contributed by atoms with Gasteiger partial charge in [0.05, 0.1) is 11.6 Å². The molecule has 0 radical (unpaired) electrons. The van der Waals surface area contributed by atoms with Gasteiger partial charge in [-0.25, -0.2) is 4.39 Å². The van der Waals surface area contributed by atoms with Gasteiger partial charge in [-0.15, -0.1) is 0 Å². The molecule has 0 bridgehead atoms. The molecule has 3 rings (SSSR count). The quantitative estimate of drug-likeness (QED) is 0.677. The zero-order chi connectivity index (χ0) is 20.6. The van der Waals surface area contributed by atoms with E-state index in [2.05, 4.69) is 15.6 Å². The molecule has 1 aromatic heterocycles. The van der Waals surface area contributed by atoms with Gasteiger partial charge in [0.1, 0.15) is 11.5 Å². The molecule has 0 aliphatic rings. The molecule has 0 saturated carbocycles. The average molecular weight is 388 g/mol. The first-order valence-electron chi connectivity index (χ1n) is 8.86. The van der Waals surface area contributed by atoms with Gasteiger partial charge in [0.15, 0.2) is 0 Å². The molecule has 0 unspecified atom stereocenters. The zero-order valence-corrected chi connectivity index (χ0v) is 15.4. The molecule has 0 atom stereocenters. The number of pyridine rings is 1. The van der Waals surface area contributed by atoms with Crippen molar-refractivity contribution in [1.82, 2.24) is 10.3 Å². The van der Waals surface area contributed by atoms with Crippen LogP contribution in [0.3, 0.4) is 0 Å². The number of carbonyl (C=O) groups excluding carboxylic acids is 2. The van der Waals surface area contributed by atoms with E-state index in [1.165, 1.54) is 24.4 Å². The van der Waals surface area contributed by atoms with Crippen LogP contribution < -0.4 is 10.6 Å². The molecule has 2 aromatic carbocycles. The summed E-state index contributed by atoms with van der Waals surface area (Å²) >= 11 is 0. The minimum atomic E-state index is -0.450. The van der Waals surface area contributed by atoms with Crippen LogP contribution in [0.15, 0.2) is 66.9 Å². The smallest absolute Gasteiger partial charge is 0.269 e. The summed E-state index contributed by atoms with van der Waals surface area (Å²) in [6, 6.07) is 17.7. The highest BCUT2D eigenvalue weighted by Crippen LogP contribution is 2.12. The van der Waals surface area contributed by atoms with Gasteiger partial charge < -0.3 is 10.6 Å². The van der Waals surface area contributed by atoms with Crippen LogP contribution in [0.2, 0.25) is 0 Å². The molecule has 0 spiro atoms. The number of halogens is 1. The Labute approximate surface area is 167 Å². The third-order valence-corrected chi connectivity index (χ3v) is 4.16. The molecule has 3 aromatic rings. The van der Waals surface area contributed by atoms with Gasteiger partial charge in [0.25, 0.3) is 11.8 Å². The van der Waals surface area contributed by atoms with Crippen molar-refractivity contribution in [3.05, 3.63) is 95.1 Å². The summed E-state index contributed by atoms with van der Waals surface area (Å²) in [6.45, 7) is 0.239. The lowest BCUT2D eigenvalue weighted by molar-refractivity contribution is 0.0949. The predicted molar refractivity (Wildman–Crippen MR) is 106 cm³/mol. The summed E-state index contributed by atoms with van der Waals surface area (Å²) in [5, 5.41) is 14.2. The van der Waals surface area contributed by atoms with Gasteiger partial charge in [-0.2, -0.15) is 5.26 Å². The number of rotatable bonds is 6. The van der Waals surface area contributed by atoms with Crippen LogP contribution in [-0.2, 0) is 6.42 Å². The second kappa shape index (κ2) is 9.24. The Kier molecular flexibility index (Phi) is 6.28. The largest absolute Gasteiger partial charge is 0.350 e. The molecule has 144 valence electrons. The van der Waals surface area contributed by atoms with Gasteiger partial charge in [-0.3, -0.25) is 14.6 Å². The van der Waals surface area contributed by atoms with Crippen LogP contribution in [0.4, 0.5) is 10.1 Å². The van der Waals surface area contributed by atoms with Crippen molar-refractivity contribution in [2.75, 3.05) is 11.9 Å². The molecular weight excluding hydrogens is 371 g/mol. The first kappa shape index (κ1) is 19.7. The molecule has 1 heterocycles. The third kappa shape index (κ3) is 5.23. The Hall–Kier alpha value is -4.05. The third-order valence-electron chi connectivity index (χ3n) is 4.16. The number of amides is 2. The number of nitriles is 1. The summed E-state index contributed by atoms with van der Waals surface area (Å²) < 4.78 is 13.6. The van der Waals surface area contributed by atoms with Crippen LogP contribution in [0, 0.1) is 17.1 Å². The van der Waals surface area contributed by atoms with Gasteiger partial charge in [0, 0.05) is 24.0 Å². The van der Waals surface area contributed by atoms with E-state index in [4.69, 9.17) is 5.26 Å². The maximum Gasteiger partial charge on any atom is 0.269 e. The van der Waals surface area contributed by atoms with Crippen molar-refractivity contribution in [3.63, 3.8) is 0 Å². The molecule has 2 N–H and O–H groups in total. The fourth-order valence-corrected chi connectivity index (χ4v) is 2.63. The maximum atomic E-state index is 13.6. The number of hydrogen-bond acceptors (Lipinski definition) is 4. The highest BCUT2D eigenvalue weighted by molar-refractivity contribution is 6.05. The Morgan fingerprint density at radius 1 is 1.03 bits per heavy atom. The second-order valence-corrected chi connectivity index (χ2v) is 6.17. The summed E-state index contributed by atoms with van der Waals surface area (Å²) in [4.78, 5) is 28.7. The number of nitrogens with one attached hydrogen (secondary N) is 2. The number of benzene rings is 2. The van der Waals surface area contributed by atoms with Crippen molar-refractivity contribution in [2.24, 2.45) is 0 Å². The molecular formula is C22H17FN4O2. The fraction of sp³-hybridized carbons (Fsp3) is 0.0909. The standard InChI is InChI=1S/C22H17FN4O2/c23-19-4-2-1-3-16(19)9-12-26-22(29)20-13-17(10-11-25-20)21(28)27-18-7-5-15(14-24)6-8-18/h1-8,10-11,13H,9,12H2,(H,26,29)(H,27,28). The number of aromatic nitrogens is 1. The lowest BCUT2D eigenvalue weighted by Crippen LogP contribution is -2.27. The summed E-state index contributed by atoms with van der Waals surface area (Å²) in [5.41, 5.74) is 1.88. The van der Waals surface area contributed by atoms with E-state index in [0.717, 1.165) is 0 Å². The topological polar surface area (TPSA) is 94.9 Å². The predicted octanol–water partition coefficient (Wildman–Crippen LogP) is 3.32. The average Bonchev–Trinajstić information content (AvgIpc) is 2.75. The van der Waals surface area contributed by atoms with Crippen LogP contribution >= 0.6 is 0 Å². The molecule has 7 heteroatoms. The Morgan fingerprint density at radius 2 is 1.79 bits per heavy atom. The minimum absolute atomic E-state index is 0.0889. The highest BCUT2D eigenvalue weighted by Gasteiger charge is 2.12. The lowest BCUT2D eigenvalue weighted by Gasteiger charge is -2.08. The van der Waals surface area contributed by atoms with Crippen LogP contribution in [0.1, 0.15) is 32.0 Å². The molecule has 6 nitrogen and oxygen atoms in total. The number of anilines is 1. The van der Waals surface area contributed by atoms with Gasteiger partial charge in [0.2, 0.25) is 0 Å². The van der Waals surface area contributed by atoms with E-state index in [1.807, 2.05) is 6.07 Å². The molecule has 2 amide bonds. The van der Waals surface area contributed by atoms with E-state index in [1.54, 1.807) is 42.5 Å². The lowest BCUT2D eigenvalue weighted by atomic mass is 10.1.